The first-order valence-electron chi connectivity index (χ1n) is 26.4. The van der Waals surface area contributed by atoms with Crippen LogP contribution in [0.25, 0.3) is 155 Å². The van der Waals surface area contributed by atoms with E-state index in [2.05, 4.69) is 123 Å². The fourth-order valence-corrected chi connectivity index (χ4v) is 14.9. The number of fused-ring (bicyclic) bond motifs is 14. The summed E-state index contributed by atoms with van der Waals surface area (Å²) in [5, 5.41) is 22.8. The maximum atomic E-state index is 12.3. The van der Waals surface area contributed by atoms with Crippen LogP contribution in [0.4, 0.5) is 5.69 Å². The molecule has 340 valence electrons. The fraction of sp³-hybridized carbons (Fsp3) is 0. The van der Waals surface area contributed by atoms with Gasteiger partial charge >= 0.3 is 0 Å². The van der Waals surface area contributed by atoms with Crippen molar-refractivity contribution in [3.05, 3.63) is 235 Å². The average molecular weight is 977 g/mol. The summed E-state index contributed by atoms with van der Waals surface area (Å²) in [7, 11) is 0. The first-order valence-corrected chi connectivity index (χ1v) is 26.1. The summed E-state index contributed by atoms with van der Waals surface area (Å²) in [6, 6.07) is 68.6. The van der Waals surface area contributed by atoms with E-state index < -0.39 is 0 Å². The van der Waals surface area contributed by atoms with Crippen LogP contribution in [0.3, 0.4) is 0 Å². The van der Waals surface area contributed by atoms with Crippen molar-refractivity contribution in [2.24, 2.45) is 0 Å². The number of nitriles is 1. The monoisotopic (exact) mass is 976 g/mol. The van der Waals surface area contributed by atoms with E-state index in [0.29, 0.717) is 55.3 Å². The predicted molar refractivity (Wildman–Crippen MR) is 314 cm³/mol. The Labute approximate surface area is 437 Å². The minimum absolute atomic E-state index is 0.102. The van der Waals surface area contributed by atoms with Crippen LogP contribution in [0, 0.1) is 17.9 Å². The van der Waals surface area contributed by atoms with Crippen LogP contribution in [-0.2, 0) is 0 Å². The Kier molecular flexibility index (Phi) is 7.79. The number of aromatic nitrogens is 2. The number of thiophene rings is 2. The Balaban J connectivity index is 1.20. The molecule has 4 aromatic heterocycles. The minimum atomic E-state index is -0.292. The molecule has 0 aliphatic heterocycles. The average Bonchev–Trinajstić information content (AvgIpc) is 3.19. The van der Waals surface area contributed by atoms with Crippen molar-refractivity contribution in [2.75, 3.05) is 0 Å². The van der Waals surface area contributed by atoms with E-state index in [-0.39, 0.29) is 24.2 Å². The SMILES string of the molecule is [2H]c1c([2H])c([2H])c2c3cccc4c3c3c(cccc3n4-c3c([N+]#[C-])c(-c4ccccc4)c(C#N)c(-n4c5c(ccc6c7ccccc7sc65)c5ccc6c7cccc(-c8ccccc8)c7sc6c54)c3-c3ccccc3)c2c1[2H]. The molecule has 12 aromatic carbocycles. The summed E-state index contributed by atoms with van der Waals surface area (Å²) in [6.07, 6.45) is 0. The Morgan fingerprint density at radius 1 is 0.432 bits per heavy atom. The molecule has 0 amide bonds. The predicted octanol–water partition coefficient (Wildman–Crippen LogP) is 19.8. The Morgan fingerprint density at radius 2 is 0.932 bits per heavy atom. The van der Waals surface area contributed by atoms with Crippen molar-refractivity contribution in [1.82, 2.24) is 9.13 Å². The maximum absolute atomic E-state index is 12.3. The largest absolute Gasteiger partial charge is 0.318 e. The van der Waals surface area contributed by atoms with Crippen molar-refractivity contribution < 1.29 is 5.48 Å². The summed E-state index contributed by atoms with van der Waals surface area (Å²) in [5.41, 5.74) is 10.3. The van der Waals surface area contributed by atoms with Gasteiger partial charge < -0.3 is 9.13 Å². The third-order valence-electron chi connectivity index (χ3n) is 15.2. The molecule has 0 saturated heterocycles. The minimum Gasteiger partial charge on any atom is -0.318 e. The summed E-state index contributed by atoms with van der Waals surface area (Å²) in [6.45, 7) is 9.48. The van der Waals surface area contributed by atoms with Gasteiger partial charge in [0.15, 0.2) is 0 Å². The molecule has 0 aliphatic rings. The highest BCUT2D eigenvalue weighted by Gasteiger charge is 2.33. The number of hydrogen-bond donors (Lipinski definition) is 0. The van der Waals surface area contributed by atoms with Crippen LogP contribution < -0.4 is 0 Å². The molecule has 0 saturated carbocycles. The van der Waals surface area contributed by atoms with Crippen LogP contribution >= 0.6 is 22.7 Å². The number of rotatable bonds is 5. The second-order valence-electron chi connectivity index (χ2n) is 18.9. The topological polar surface area (TPSA) is 38.0 Å². The lowest BCUT2D eigenvalue weighted by Gasteiger charge is -2.26. The van der Waals surface area contributed by atoms with E-state index in [4.69, 9.17) is 2.74 Å². The van der Waals surface area contributed by atoms with E-state index in [1.54, 1.807) is 22.7 Å². The second kappa shape index (κ2) is 15.5. The zero-order valence-electron chi connectivity index (χ0n) is 43.1. The van der Waals surface area contributed by atoms with Gasteiger partial charge in [-0.15, -0.1) is 22.7 Å². The van der Waals surface area contributed by atoms with Gasteiger partial charge in [0.1, 0.15) is 6.07 Å². The molecule has 16 aromatic rings. The van der Waals surface area contributed by atoms with Gasteiger partial charge in [-0.25, -0.2) is 4.85 Å². The highest BCUT2D eigenvalue weighted by Crippen LogP contribution is 2.56. The van der Waals surface area contributed by atoms with Gasteiger partial charge in [0, 0.05) is 63.6 Å². The van der Waals surface area contributed by atoms with E-state index in [0.717, 1.165) is 106 Å². The van der Waals surface area contributed by atoms with E-state index in [9.17, 15) is 14.6 Å². The molecule has 0 radical (unpaired) electrons. The maximum Gasteiger partial charge on any atom is 0.220 e. The first-order chi connectivity index (χ1) is 38.4. The fourth-order valence-electron chi connectivity index (χ4n) is 12.3. The van der Waals surface area contributed by atoms with Crippen molar-refractivity contribution in [1.29, 1.82) is 5.26 Å². The molecule has 0 bridgehead atoms. The number of hydrogen-bond acceptors (Lipinski definition) is 3. The molecule has 0 aliphatic carbocycles. The molecule has 16 rings (SSSR count). The summed E-state index contributed by atoms with van der Waals surface area (Å²) >= 11 is 3.52. The Morgan fingerprint density at radius 3 is 1.55 bits per heavy atom. The second-order valence-corrected chi connectivity index (χ2v) is 20.9. The van der Waals surface area contributed by atoms with E-state index in [1.165, 1.54) is 0 Å². The Hall–Kier alpha value is -9.56. The molecule has 0 spiro atoms. The molecule has 4 heterocycles. The van der Waals surface area contributed by atoms with Crippen LogP contribution in [-0.4, -0.2) is 9.13 Å². The van der Waals surface area contributed by atoms with Crippen molar-refractivity contribution in [2.45, 2.75) is 0 Å². The highest BCUT2D eigenvalue weighted by molar-refractivity contribution is 7.27. The molecular weight excluding hydrogens is 937 g/mol. The third-order valence-corrected chi connectivity index (χ3v) is 17.7. The summed E-state index contributed by atoms with van der Waals surface area (Å²) in [4.78, 5) is 4.57. The first kappa shape index (κ1) is 37.3. The van der Waals surface area contributed by atoms with Crippen molar-refractivity contribution in [3.63, 3.8) is 0 Å². The van der Waals surface area contributed by atoms with Crippen LogP contribution in [0.5, 0.6) is 0 Å². The van der Waals surface area contributed by atoms with Gasteiger partial charge in [0.05, 0.1) is 60.5 Å². The summed E-state index contributed by atoms with van der Waals surface area (Å²) < 4.78 is 45.5. The van der Waals surface area contributed by atoms with Gasteiger partial charge in [0.25, 0.3) is 0 Å². The van der Waals surface area contributed by atoms with E-state index >= 15 is 0 Å². The molecule has 74 heavy (non-hydrogen) atoms. The van der Waals surface area contributed by atoms with Gasteiger partial charge in [-0.05, 0) is 62.0 Å². The van der Waals surface area contributed by atoms with Crippen molar-refractivity contribution in [3.8, 4) is 50.8 Å². The van der Waals surface area contributed by atoms with Crippen molar-refractivity contribution >= 4 is 134 Å². The quantitative estimate of drug-likeness (QED) is 0.125. The lowest BCUT2D eigenvalue weighted by Crippen LogP contribution is -2.09. The molecule has 0 fully saturated rings. The van der Waals surface area contributed by atoms with Crippen LogP contribution in [0.15, 0.2) is 218 Å². The smallest absolute Gasteiger partial charge is 0.220 e. The van der Waals surface area contributed by atoms with Gasteiger partial charge in [-0.1, -0.05) is 200 Å². The lowest BCUT2D eigenvalue weighted by molar-refractivity contribution is 1.14. The van der Waals surface area contributed by atoms with Crippen LogP contribution in [0.1, 0.15) is 11.0 Å². The van der Waals surface area contributed by atoms with Gasteiger partial charge in [0.2, 0.25) is 5.69 Å². The number of nitrogens with zero attached hydrogens (tertiary/aromatic N) is 4. The Bertz CT molecular complexity index is 5290. The molecule has 6 heteroatoms. The van der Waals surface area contributed by atoms with E-state index in [1.807, 2.05) is 91.0 Å². The molecular formula is C68H36N4S2. The molecule has 0 unspecified atom stereocenters. The highest BCUT2D eigenvalue weighted by atomic mass is 32.1. The summed E-state index contributed by atoms with van der Waals surface area (Å²) in [5.74, 6) is 0. The third kappa shape index (κ3) is 5.43. The standard InChI is InChI=1S/C68H36N4S2/c1-70-61-57(40-20-7-3-8-21-40)53(38-69)62(58(41-22-9-4-10-23-41)65(61)71-54-31-16-28-46-43-24-11-12-25-44(43)47-29-17-32-55(71)60(47)59(46)54)72-63-48(34-36-51-45-26-13-14-33-56(45)73-67(51)63)49-35-37-52-50-30-15-27-42(39-18-5-2-6-19-39)66(50)74-68(52)64(49)72/h2-37H/i11D,12D,24D,25D. The van der Waals surface area contributed by atoms with Crippen LogP contribution in [0.2, 0.25) is 0 Å². The lowest BCUT2D eigenvalue weighted by atomic mass is 9.88. The normalized spacial score (nSPS) is 12.8. The zero-order chi connectivity index (χ0) is 52.2. The van der Waals surface area contributed by atoms with Gasteiger partial charge in [-0.2, -0.15) is 5.26 Å². The molecule has 4 nitrogen and oxygen atoms in total. The molecule has 0 atom stereocenters. The zero-order valence-corrected chi connectivity index (χ0v) is 40.7. The van der Waals surface area contributed by atoms with Gasteiger partial charge in [-0.3, -0.25) is 0 Å². The molecule has 0 N–H and O–H groups in total. The number of benzene rings is 12.